The van der Waals surface area contributed by atoms with Crippen LogP contribution in [0.4, 0.5) is 0 Å². The van der Waals surface area contributed by atoms with Crippen LogP contribution in [0.1, 0.15) is 49.0 Å². The maximum Gasteiger partial charge on any atom is 0.356 e. The molecule has 1 aromatic rings. The minimum absolute atomic E-state index is 0.0255. The van der Waals surface area contributed by atoms with Gasteiger partial charge in [0.05, 0.1) is 6.33 Å². The second-order valence-electron chi connectivity index (χ2n) is 5.34. The molecule has 6 nitrogen and oxygen atoms in total. The van der Waals surface area contributed by atoms with Gasteiger partial charge in [-0.3, -0.25) is 4.79 Å². The SMILES string of the molecule is O=C(CCC1CCCC1)NCCn1cnc(C(=O)O)c1. The number of hydrogen-bond acceptors (Lipinski definition) is 3. The standard InChI is InChI=1S/C14H21N3O3/c18-13(6-5-11-3-1-2-4-11)15-7-8-17-9-12(14(19)20)16-10-17/h9-11H,1-8H2,(H,15,18)(H,19,20). The van der Waals surface area contributed by atoms with Crippen LogP contribution >= 0.6 is 0 Å². The van der Waals surface area contributed by atoms with Crippen LogP contribution in [0.15, 0.2) is 12.5 Å². The predicted octanol–water partition coefficient (Wildman–Crippen LogP) is 1.67. The Kier molecular flexibility index (Phi) is 5.15. The summed E-state index contributed by atoms with van der Waals surface area (Å²) in [7, 11) is 0. The van der Waals surface area contributed by atoms with Crippen molar-refractivity contribution in [1.82, 2.24) is 14.9 Å². The smallest absolute Gasteiger partial charge is 0.356 e. The molecule has 0 aromatic carbocycles. The van der Waals surface area contributed by atoms with Gasteiger partial charge >= 0.3 is 5.97 Å². The van der Waals surface area contributed by atoms with Crippen LogP contribution in [-0.2, 0) is 11.3 Å². The summed E-state index contributed by atoms with van der Waals surface area (Å²) in [6.07, 6.45) is 9.65. The van der Waals surface area contributed by atoms with Crippen molar-refractivity contribution >= 4 is 11.9 Å². The van der Waals surface area contributed by atoms with Gasteiger partial charge in [-0.2, -0.15) is 0 Å². The Hall–Kier alpha value is -1.85. The third-order valence-corrected chi connectivity index (χ3v) is 3.80. The van der Waals surface area contributed by atoms with Crippen LogP contribution in [0.5, 0.6) is 0 Å². The van der Waals surface area contributed by atoms with Gasteiger partial charge in [0.1, 0.15) is 0 Å². The van der Waals surface area contributed by atoms with E-state index in [-0.39, 0.29) is 11.6 Å². The van der Waals surface area contributed by atoms with Gasteiger partial charge in [-0.15, -0.1) is 0 Å². The zero-order chi connectivity index (χ0) is 14.4. The lowest BCUT2D eigenvalue weighted by atomic mass is 10.0. The fourth-order valence-corrected chi connectivity index (χ4v) is 2.64. The first kappa shape index (κ1) is 14.6. The molecule has 6 heteroatoms. The molecule has 0 spiro atoms. The Balaban J connectivity index is 1.61. The molecular weight excluding hydrogens is 258 g/mol. The number of aromatic nitrogens is 2. The number of carboxylic acids is 1. The molecule has 0 saturated heterocycles. The van der Waals surface area contributed by atoms with Crippen LogP contribution in [0.2, 0.25) is 0 Å². The average Bonchev–Trinajstić information content (AvgIpc) is 3.07. The van der Waals surface area contributed by atoms with Crippen LogP contribution < -0.4 is 5.32 Å². The third-order valence-electron chi connectivity index (χ3n) is 3.80. The molecule has 1 amide bonds. The highest BCUT2D eigenvalue weighted by atomic mass is 16.4. The number of aromatic carboxylic acids is 1. The number of nitrogens with one attached hydrogen (secondary N) is 1. The van der Waals surface area contributed by atoms with E-state index in [9.17, 15) is 9.59 Å². The molecular formula is C14H21N3O3. The first-order chi connectivity index (χ1) is 9.65. The second kappa shape index (κ2) is 7.07. The number of carbonyl (C=O) groups excluding carboxylic acids is 1. The van der Waals surface area contributed by atoms with E-state index in [1.807, 2.05) is 0 Å². The summed E-state index contributed by atoms with van der Waals surface area (Å²) < 4.78 is 1.67. The Morgan fingerprint density at radius 2 is 2.15 bits per heavy atom. The van der Waals surface area contributed by atoms with Crippen LogP contribution in [0.3, 0.4) is 0 Å². The summed E-state index contributed by atoms with van der Waals surface area (Å²) in [5.74, 6) is -0.229. The van der Waals surface area contributed by atoms with Gasteiger partial charge in [-0.05, 0) is 12.3 Å². The first-order valence-electron chi connectivity index (χ1n) is 7.17. The number of nitrogens with zero attached hydrogens (tertiary/aromatic N) is 2. The predicted molar refractivity (Wildman–Crippen MR) is 73.4 cm³/mol. The van der Waals surface area contributed by atoms with Crippen molar-refractivity contribution in [3.8, 4) is 0 Å². The summed E-state index contributed by atoms with van der Waals surface area (Å²) in [4.78, 5) is 26.1. The number of carboxylic acid groups (broad SMARTS) is 1. The Bertz CT molecular complexity index is 464. The highest BCUT2D eigenvalue weighted by Crippen LogP contribution is 2.28. The van der Waals surface area contributed by atoms with Gasteiger partial charge in [-0.1, -0.05) is 25.7 Å². The molecule has 1 saturated carbocycles. The molecule has 0 unspecified atom stereocenters. The van der Waals surface area contributed by atoms with E-state index in [2.05, 4.69) is 10.3 Å². The summed E-state index contributed by atoms with van der Waals surface area (Å²) in [5.41, 5.74) is 0.0255. The quantitative estimate of drug-likeness (QED) is 0.795. The van der Waals surface area contributed by atoms with Gasteiger partial charge in [0, 0.05) is 25.7 Å². The highest BCUT2D eigenvalue weighted by Gasteiger charge is 2.15. The van der Waals surface area contributed by atoms with E-state index in [0.29, 0.717) is 19.5 Å². The lowest BCUT2D eigenvalue weighted by Crippen LogP contribution is -2.27. The van der Waals surface area contributed by atoms with Gasteiger partial charge < -0.3 is 15.0 Å². The van der Waals surface area contributed by atoms with E-state index >= 15 is 0 Å². The fraction of sp³-hybridized carbons (Fsp3) is 0.643. The van der Waals surface area contributed by atoms with E-state index in [1.165, 1.54) is 38.2 Å². The molecule has 1 aliphatic carbocycles. The van der Waals surface area contributed by atoms with Crippen LogP contribution in [0.25, 0.3) is 0 Å². The lowest BCUT2D eigenvalue weighted by Gasteiger charge is -2.09. The van der Waals surface area contributed by atoms with Crippen LogP contribution in [0, 0.1) is 5.92 Å². The molecule has 1 aliphatic rings. The van der Waals surface area contributed by atoms with Gasteiger partial charge in [0.2, 0.25) is 5.91 Å². The number of imidazole rings is 1. The minimum Gasteiger partial charge on any atom is -0.476 e. The molecule has 0 radical (unpaired) electrons. The Morgan fingerprint density at radius 3 is 2.80 bits per heavy atom. The van der Waals surface area contributed by atoms with Crippen molar-refractivity contribution in [2.24, 2.45) is 5.92 Å². The maximum atomic E-state index is 11.7. The number of amides is 1. The topological polar surface area (TPSA) is 84.2 Å². The largest absolute Gasteiger partial charge is 0.476 e. The third kappa shape index (κ3) is 4.36. The Labute approximate surface area is 118 Å². The van der Waals surface area contributed by atoms with Gasteiger partial charge in [0.15, 0.2) is 5.69 Å². The van der Waals surface area contributed by atoms with Crippen molar-refractivity contribution in [2.75, 3.05) is 6.54 Å². The molecule has 0 atom stereocenters. The zero-order valence-electron chi connectivity index (χ0n) is 11.5. The highest BCUT2D eigenvalue weighted by molar-refractivity contribution is 5.84. The summed E-state index contributed by atoms with van der Waals surface area (Å²) in [5, 5.41) is 11.6. The van der Waals surface area contributed by atoms with E-state index in [0.717, 1.165) is 12.3 Å². The molecule has 1 aromatic heterocycles. The molecule has 1 fully saturated rings. The van der Waals surface area contributed by atoms with Crippen molar-refractivity contribution < 1.29 is 14.7 Å². The monoisotopic (exact) mass is 279 g/mol. The van der Waals surface area contributed by atoms with Gasteiger partial charge in [0.25, 0.3) is 0 Å². The molecule has 0 bridgehead atoms. The van der Waals surface area contributed by atoms with E-state index in [1.54, 1.807) is 4.57 Å². The normalized spacial score (nSPS) is 15.4. The van der Waals surface area contributed by atoms with Crippen LogP contribution in [-0.4, -0.2) is 33.1 Å². The van der Waals surface area contributed by atoms with Crippen molar-refractivity contribution in [3.63, 3.8) is 0 Å². The Morgan fingerprint density at radius 1 is 1.40 bits per heavy atom. The maximum absolute atomic E-state index is 11.7. The molecule has 2 N–H and O–H groups in total. The van der Waals surface area contributed by atoms with E-state index in [4.69, 9.17) is 5.11 Å². The fourth-order valence-electron chi connectivity index (χ4n) is 2.64. The number of carbonyl (C=O) groups is 2. The zero-order valence-corrected chi connectivity index (χ0v) is 11.5. The number of rotatable bonds is 7. The van der Waals surface area contributed by atoms with Crippen molar-refractivity contribution in [3.05, 3.63) is 18.2 Å². The molecule has 110 valence electrons. The van der Waals surface area contributed by atoms with Crippen molar-refractivity contribution in [1.29, 1.82) is 0 Å². The second-order valence-corrected chi connectivity index (χ2v) is 5.34. The van der Waals surface area contributed by atoms with Crippen molar-refractivity contribution in [2.45, 2.75) is 45.1 Å². The number of hydrogen-bond donors (Lipinski definition) is 2. The summed E-state index contributed by atoms with van der Waals surface area (Å²) >= 11 is 0. The first-order valence-corrected chi connectivity index (χ1v) is 7.17. The molecule has 0 aliphatic heterocycles. The molecule has 20 heavy (non-hydrogen) atoms. The lowest BCUT2D eigenvalue weighted by molar-refractivity contribution is -0.121. The van der Waals surface area contributed by atoms with Gasteiger partial charge in [-0.25, -0.2) is 9.78 Å². The summed E-state index contributed by atoms with van der Waals surface area (Å²) in [6.45, 7) is 1.04. The molecule has 2 rings (SSSR count). The summed E-state index contributed by atoms with van der Waals surface area (Å²) in [6, 6.07) is 0. The minimum atomic E-state index is -1.04. The molecule has 1 heterocycles. The van der Waals surface area contributed by atoms with E-state index < -0.39 is 5.97 Å². The average molecular weight is 279 g/mol.